The predicted octanol–water partition coefficient (Wildman–Crippen LogP) is 4.68. The average molecular weight is 580 g/mol. The summed E-state index contributed by atoms with van der Waals surface area (Å²) in [7, 11) is 0. The highest BCUT2D eigenvalue weighted by Gasteiger charge is 2.40. The van der Waals surface area contributed by atoms with Gasteiger partial charge < -0.3 is 20.2 Å². The van der Waals surface area contributed by atoms with Crippen molar-refractivity contribution in [2.75, 3.05) is 41.3 Å². The number of amides is 1. The van der Waals surface area contributed by atoms with Crippen molar-refractivity contribution < 1.29 is 14.7 Å². The zero-order chi connectivity index (χ0) is 25.7. The summed E-state index contributed by atoms with van der Waals surface area (Å²) in [6.45, 7) is 2.97. The van der Waals surface area contributed by atoms with Gasteiger partial charge in [-0.3, -0.25) is 14.9 Å². The van der Waals surface area contributed by atoms with Crippen LogP contribution in [0.25, 0.3) is 10.6 Å². The first-order valence-corrected chi connectivity index (χ1v) is 14.5. The molecule has 9 nitrogen and oxygen atoms in total. The second kappa shape index (κ2) is 10.0. The molecule has 3 fully saturated rings. The number of carboxylic acid groups (broad SMARTS) is 1. The van der Waals surface area contributed by atoms with Gasteiger partial charge in [-0.15, -0.1) is 11.3 Å². The van der Waals surface area contributed by atoms with Gasteiger partial charge in [0.15, 0.2) is 5.13 Å². The highest BCUT2D eigenvalue weighted by atomic mass is 35.5. The molecule has 3 aliphatic rings. The van der Waals surface area contributed by atoms with Gasteiger partial charge in [0.25, 0.3) is 5.91 Å². The zero-order valence-corrected chi connectivity index (χ0v) is 22.8. The van der Waals surface area contributed by atoms with Gasteiger partial charge in [0.2, 0.25) is 0 Å². The molecule has 13 heteroatoms. The van der Waals surface area contributed by atoms with Crippen LogP contribution in [0.4, 0.5) is 16.0 Å². The zero-order valence-electron chi connectivity index (χ0n) is 19.6. The molecule has 0 spiro atoms. The van der Waals surface area contributed by atoms with Gasteiger partial charge in [-0.2, -0.15) is 0 Å². The topological polar surface area (TPSA) is 111 Å². The average Bonchev–Trinajstić information content (AvgIpc) is 3.68. The molecule has 0 saturated carbocycles. The molecule has 37 heavy (non-hydrogen) atoms. The van der Waals surface area contributed by atoms with Gasteiger partial charge in [0, 0.05) is 49.8 Å². The Morgan fingerprint density at radius 1 is 1.22 bits per heavy atom. The minimum atomic E-state index is -0.768. The molecule has 194 valence electrons. The van der Waals surface area contributed by atoms with Gasteiger partial charge in [-0.1, -0.05) is 34.5 Å². The first kappa shape index (κ1) is 24.9. The predicted molar refractivity (Wildman–Crippen MR) is 148 cm³/mol. The maximum absolute atomic E-state index is 13.1. The van der Waals surface area contributed by atoms with Crippen molar-refractivity contribution in [3.05, 3.63) is 39.3 Å². The SMILES string of the molecule is O=C(Nc1nc(-c2cc(Cl)cs2)c(N2CC3CC2CN3)s1)c1cnc(N2CCC(C(=O)O)CC2)c(Cl)c1. The third kappa shape index (κ3) is 4.90. The maximum atomic E-state index is 13.1. The number of rotatable bonds is 6. The minimum Gasteiger partial charge on any atom is -0.481 e. The van der Waals surface area contributed by atoms with Crippen LogP contribution in [-0.2, 0) is 4.79 Å². The van der Waals surface area contributed by atoms with Gasteiger partial charge in [-0.05, 0) is 31.4 Å². The number of nitrogens with zero attached hydrogens (tertiary/aromatic N) is 4. The van der Waals surface area contributed by atoms with Crippen LogP contribution in [-0.4, -0.2) is 65.2 Å². The number of anilines is 3. The molecule has 3 saturated heterocycles. The summed E-state index contributed by atoms with van der Waals surface area (Å²) in [6.07, 6.45) is 3.68. The number of carbonyl (C=O) groups is 2. The van der Waals surface area contributed by atoms with Crippen LogP contribution in [0.15, 0.2) is 23.7 Å². The molecular formula is C24H24Cl2N6O3S2. The molecular weight excluding hydrogens is 555 g/mol. The quantitative estimate of drug-likeness (QED) is 0.386. The number of hydrogen-bond acceptors (Lipinski definition) is 9. The monoisotopic (exact) mass is 578 g/mol. The summed E-state index contributed by atoms with van der Waals surface area (Å²) >= 11 is 15.7. The second-order valence-electron chi connectivity index (χ2n) is 9.53. The van der Waals surface area contributed by atoms with Crippen LogP contribution >= 0.6 is 45.9 Å². The molecule has 6 heterocycles. The van der Waals surface area contributed by atoms with Crippen molar-refractivity contribution in [1.29, 1.82) is 0 Å². The van der Waals surface area contributed by atoms with Gasteiger partial charge >= 0.3 is 5.97 Å². The fourth-order valence-corrected chi connectivity index (χ4v) is 7.73. The molecule has 2 unspecified atom stereocenters. The number of nitrogens with one attached hydrogen (secondary N) is 2. The molecule has 3 aromatic rings. The molecule has 0 aromatic carbocycles. The summed E-state index contributed by atoms with van der Waals surface area (Å²) in [5.74, 6) is -0.889. The number of halogens is 2. The number of thiophene rings is 1. The van der Waals surface area contributed by atoms with E-state index in [-0.39, 0.29) is 11.8 Å². The molecule has 2 bridgehead atoms. The lowest BCUT2D eigenvalue weighted by Gasteiger charge is -2.31. The smallest absolute Gasteiger partial charge is 0.306 e. The van der Waals surface area contributed by atoms with Crippen LogP contribution in [0, 0.1) is 5.92 Å². The minimum absolute atomic E-state index is 0.330. The highest BCUT2D eigenvalue weighted by Crippen LogP contribution is 2.45. The molecule has 0 aliphatic carbocycles. The van der Waals surface area contributed by atoms with E-state index in [2.05, 4.69) is 20.5 Å². The molecule has 6 rings (SSSR count). The van der Waals surface area contributed by atoms with E-state index >= 15 is 0 Å². The van der Waals surface area contributed by atoms with Crippen molar-refractivity contribution in [3.63, 3.8) is 0 Å². The Balaban J connectivity index is 1.20. The number of pyridine rings is 1. The molecule has 2 atom stereocenters. The fourth-order valence-electron chi connectivity index (χ4n) is 5.26. The van der Waals surface area contributed by atoms with E-state index in [1.165, 1.54) is 28.9 Å². The Morgan fingerprint density at radius 2 is 2.03 bits per heavy atom. The van der Waals surface area contributed by atoms with Crippen molar-refractivity contribution in [3.8, 4) is 10.6 Å². The van der Waals surface area contributed by atoms with Crippen LogP contribution in [0.3, 0.4) is 0 Å². The largest absolute Gasteiger partial charge is 0.481 e. The molecule has 3 N–H and O–H groups in total. The van der Waals surface area contributed by atoms with Gasteiger partial charge in [0.1, 0.15) is 16.5 Å². The Labute approximate surface area is 231 Å². The van der Waals surface area contributed by atoms with Crippen molar-refractivity contribution in [2.24, 2.45) is 5.92 Å². The van der Waals surface area contributed by atoms with Crippen LogP contribution in [0.2, 0.25) is 10.0 Å². The number of hydrogen-bond donors (Lipinski definition) is 3. The summed E-state index contributed by atoms with van der Waals surface area (Å²) < 4.78 is 0. The number of carboxylic acids is 1. The first-order chi connectivity index (χ1) is 17.9. The Kier molecular flexibility index (Phi) is 6.74. The fraction of sp³-hybridized carbons (Fsp3) is 0.417. The summed E-state index contributed by atoms with van der Waals surface area (Å²) in [4.78, 5) is 38.9. The van der Waals surface area contributed by atoms with Crippen LogP contribution < -0.4 is 20.4 Å². The number of piperidine rings is 1. The lowest BCUT2D eigenvalue weighted by molar-refractivity contribution is -0.142. The lowest BCUT2D eigenvalue weighted by Crippen LogP contribution is -2.43. The van der Waals surface area contributed by atoms with E-state index in [0.29, 0.717) is 64.6 Å². The molecule has 1 amide bonds. The molecule has 3 aliphatic heterocycles. The maximum Gasteiger partial charge on any atom is 0.306 e. The Hall–Kier alpha value is -2.44. The van der Waals surface area contributed by atoms with E-state index in [9.17, 15) is 14.7 Å². The highest BCUT2D eigenvalue weighted by molar-refractivity contribution is 7.21. The first-order valence-electron chi connectivity index (χ1n) is 12.1. The van der Waals surface area contributed by atoms with Crippen molar-refractivity contribution in [2.45, 2.75) is 31.3 Å². The third-order valence-corrected chi connectivity index (χ3v) is 9.75. The van der Waals surface area contributed by atoms with Crippen LogP contribution in [0.1, 0.15) is 29.6 Å². The summed E-state index contributed by atoms with van der Waals surface area (Å²) in [5.41, 5.74) is 1.16. The van der Waals surface area contributed by atoms with Gasteiger partial charge in [-0.25, -0.2) is 9.97 Å². The van der Waals surface area contributed by atoms with E-state index in [4.69, 9.17) is 28.2 Å². The normalized spacial score (nSPS) is 21.6. The molecule has 0 radical (unpaired) electrons. The number of carbonyl (C=O) groups excluding carboxylic acids is 1. The third-order valence-electron chi connectivity index (χ3n) is 7.18. The van der Waals surface area contributed by atoms with Crippen molar-refractivity contribution >= 4 is 73.7 Å². The second-order valence-corrected chi connectivity index (χ2v) is 12.3. The number of piperazine rings is 1. The van der Waals surface area contributed by atoms with Crippen LogP contribution in [0.5, 0.6) is 0 Å². The van der Waals surface area contributed by atoms with E-state index in [0.717, 1.165) is 35.1 Å². The van der Waals surface area contributed by atoms with E-state index < -0.39 is 5.97 Å². The number of fused-ring (bicyclic) bond motifs is 2. The van der Waals surface area contributed by atoms with Crippen molar-refractivity contribution in [1.82, 2.24) is 15.3 Å². The summed E-state index contributed by atoms with van der Waals surface area (Å²) in [6, 6.07) is 4.40. The standard InChI is InChI=1S/C24H24Cl2N6O3S2/c25-14-6-18(36-11-14)19-22(32-10-15-7-16(32)9-27-15)37-24(29-19)30-21(33)13-5-17(26)20(28-8-13)31-3-1-12(2-4-31)23(34)35/h5-6,8,11-12,15-16,27H,1-4,7,9-10H2,(H,34,35)(H,29,30,33). The Bertz CT molecular complexity index is 1360. The number of aromatic nitrogens is 2. The molecule has 3 aromatic heterocycles. The Morgan fingerprint density at radius 3 is 2.65 bits per heavy atom. The van der Waals surface area contributed by atoms with E-state index in [1.807, 2.05) is 16.3 Å². The van der Waals surface area contributed by atoms with Gasteiger partial charge in [0.05, 0.1) is 26.4 Å². The number of thiazole rings is 1. The summed E-state index contributed by atoms with van der Waals surface area (Å²) in [5, 5.41) is 20.1. The number of aliphatic carboxylic acids is 1. The van der Waals surface area contributed by atoms with E-state index in [1.54, 1.807) is 6.07 Å². The lowest BCUT2D eigenvalue weighted by atomic mass is 9.97.